The smallest absolute Gasteiger partial charge is 0.404 e. The lowest BCUT2D eigenvalue weighted by molar-refractivity contribution is -0.0386. The Kier molecular flexibility index (Phi) is 4.14. The summed E-state index contributed by atoms with van der Waals surface area (Å²) in [5.74, 6) is 0.802. The number of carbonyl (C=O) groups is 1. The number of hydrogen-bond donors (Lipinski definition) is 1. The Bertz CT molecular complexity index is 412. The van der Waals surface area contributed by atoms with Gasteiger partial charge in [0.25, 0.3) is 0 Å². The Hall–Kier alpha value is -1.20. The van der Waals surface area contributed by atoms with Crippen LogP contribution in [0.25, 0.3) is 0 Å². The van der Waals surface area contributed by atoms with Gasteiger partial charge < -0.3 is 15.2 Å². The number of benzene rings is 1. The van der Waals surface area contributed by atoms with E-state index < -0.39 is 6.09 Å². The molecule has 1 amide bonds. The van der Waals surface area contributed by atoms with Crippen molar-refractivity contribution in [1.82, 2.24) is 0 Å². The minimum atomic E-state index is -0.752. The largest absolute Gasteiger partial charge is 0.447 e. The van der Waals surface area contributed by atoms with Gasteiger partial charge in [0.05, 0.1) is 0 Å². The number of thioether (sulfide) groups is 1. The van der Waals surface area contributed by atoms with Crippen molar-refractivity contribution in [2.75, 3.05) is 12.4 Å². The topological polar surface area (TPSA) is 61.6 Å². The van der Waals surface area contributed by atoms with Gasteiger partial charge in [-0.1, -0.05) is 37.3 Å². The van der Waals surface area contributed by atoms with E-state index in [0.29, 0.717) is 0 Å². The third kappa shape index (κ3) is 2.79. The van der Waals surface area contributed by atoms with Crippen LogP contribution >= 0.6 is 11.8 Å². The molecule has 0 saturated carbocycles. The molecule has 2 unspecified atom stereocenters. The molecule has 0 aliphatic carbocycles. The van der Waals surface area contributed by atoms with Crippen LogP contribution in [0.15, 0.2) is 30.3 Å². The highest BCUT2D eigenvalue weighted by Gasteiger charge is 2.41. The number of ether oxygens (including phenoxy) is 2. The first kappa shape index (κ1) is 13.2. The maximum Gasteiger partial charge on any atom is 0.404 e. The van der Waals surface area contributed by atoms with Gasteiger partial charge in [-0.05, 0) is 12.0 Å². The molecule has 18 heavy (non-hydrogen) atoms. The maximum atomic E-state index is 10.6. The van der Waals surface area contributed by atoms with Crippen molar-refractivity contribution in [3.05, 3.63) is 35.9 Å². The maximum absolute atomic E-state index is 10.6. The van der Waals surface area contributed by atoms with Crippen molar-refractivity contribution in [1.29, 1.82) is 0 Å². The van der Waals surface area contributed by atoms with E-state index in [1.54, 1.807) is 11.8 Å². The number of primary amides is 1. The molecule has 1 aliphatic heterocycles. The van der Waals surface area contributed by atoms with Crippen LogP contribution in [0, 0.1) is 0 Å². The van der Waals surface area contributed by atoms with E-state index in [9.17, 15) is 4.79 Å². The Morgan fingerprint density at radius 2 is 2.28 bits per heavy atom. The number of nitrogens with two attached hydrogens (primary N) is 1. The van der Waals surface area contributed by atoms with E-state index in [0.717, 1.165) is 17.7 Å². The highest BCUT2D eigenvalue weighted by molar-refractivity contribution is 8.00. The van der Waals surface area contributed by atoms with Gasteiger partial charge in [-0.2, -0.15) is 0 Å². The van der Waals surface area contributed by atoms with Gasteiger partial charge in [0, 0.05) is 5.75 Å². The summed E-state index contributed by atoms with van der Waals surface area (Å²) in [6.07, 6.45) is 0.0225. The van der Waals surface area contributed by atoms with Gasteiger partial charge in [0.1, 0.15) is 17.6 Å². The summed E-state index contributed by atoms with van der Waals surface area (Å²) < 4.78 is 10.9. The second-order valence-electron chi connectivity index (χ2n) is 4.15. The zero-order valence-electron chi connectivity index (χ0n) is 10.3. The molecule has 4 nitrogen and oxygen atoms in total. The lowest BCUT2D eigenvalue weighted by Crippen LogP contribution is -2.28. The fourth-order valence-corrected chi connectivity index (χ4v) is 3.39. The summed E-state index contributed by atoms with van der Waals surface area (Å²) in [7, 11) is 0. The number of amides is 1. The molecule has 98 valence electrons. The number of rotatable bonds is 4. The molecule has 2 atom stereocenters. The zero-order chi connectivity index (χ0) is 13.0. The molecule has 0 radical (unpaired) electrons. The van der Waals surface area contributed by atoms with Crippen molar-refractivity contribution in [2.24, 2.45) is 5.73 Å². The van der Waals surface area contributed by atoms with Crippen LogP contribution in [0.2, 0.25) is 0 Å². The molecule has 1 aromatic rings. The SMILES string of the molecule is CCC1(c2ccccc2)OC(COC(N)=O)CS1. The van der Waals surface area contributed by atoms with Crippen molar-refractivity contribution in [3.63, 3.8) is 0 Å². The standard InChI is InChI=1S/C13H17NO3S/c1-2-13(10-6-4-3-5-7-10)17-11(9-18-13)8-16-12(14)15/h3-7,11H,2,8-9H2,1H3,(H2,14,15). The molecule has 2 rings (SSSR count). The summed E-state index contributed by atoms with van der Waals surface area (Å²) >= 11 is 1.75. The van der Waals surface area contributed by atoms with E-state index in [2.05, 4.69) is 19.1 Å². The Morgan fingerprint density at radius 1 is 1.56 bits per heavy atom. The lowest BCUT2D eigenvalue weighted by atomic mass is 10.1. The van der Waals surface area contributed by atoms with Gasteiger partial charge in [-0.25, -0.2) is 4.79 Å². The first-order chi connectivity index (χ1) is 8.66. The fourth-order valence-electron chi connectivity index (χ4n) is 2.06. The third-order valence-electron chi connectivity index (χ3n) is 2.95. The molecular formula is C13H17NO3S. The van der Waals surface area contributed by atoms with Gasteiger partial charge in [-0.3, -0.25) is 0 Å². The Balaban J connectivity index is 2.05. The van der Waals surface area contributed by atoms with Crippen LogP contribution in [0.3, 0.4) is 0 Å². The van der Waals surface area contributed by atoms with E-state index in [4.69, 9.17) is 15.2 Å². The monoisotopic (exact) mass is 267 g/mol. The van der Waals surface area contributed by atoms with Crippen molar-refractivity contribution < 1.29 is 14.3 Å². The molecular weight excluding hydrogens is 250 g/mol. The first-order valence-corrected chi connectivity index (χ1v) is 6.94. The van der Waals surface area contributed by atoms with Crippen molar-refractivity contribution >= 4 is 17.9 Å². The van der Waals surface area contributed by atoms with Gasteiger partial charge >= 0.3 is 6.09 Å². The molecule has 1 aromatic carbocycles. The van der Waals surface area contributed by atoms with Crippen LogP contribution in [-0.2, 0) is 14.4 Å². The molecule has 1 aliphatic rings. The molecule has 1 heterocycles. The highest BCUT2D eigenvalue weighted by Crippen LogP contribution is 2.47. The zero-order valence-corrected chi connectivity index (χ0v) is 11.1. The lowest BCUT2D eigenvalue weighted by Gasteiger charge is -2.27. The Morgan fingerprint density at radius 3 is 2.89 bits per heavy atom. The molecule has 0 bridgehead atoms. The molecule has 0 spiro atoms. The summed E-state index contributed by atoms with van der Waals surface area (Å²) in [6, 6.07) is 10.1. The molecule has 2 N–H and O–H groups in total. The number of hydrogen-bond acceptors (Lipinski definition) is 4. The van der Waals surface area contributed by atoms with E-state index in [1.807, 2.05) is 18.2 Å². The highest BCUT2D eigenvalue weighted by atomic mass is 32.2. The summed E-state index contributed by atoms with van der Waals surface area (Å²) in [4.78, 5) is 10.3. The van der Waals surface area contributed by atoms with Gasteiger partial charge in [0.15, 0.2) is 0 Å². The predicted molar refractivity (Wildman–Crippen MR) is 71.3 cm³/mol. The van der Waals surface area contributed by atoms with Crippen molar-refractivity contribution in [3.8, 4) is 0 Å². The van der Waals surface area contributed by atoms with Crippen LogP contribution in [0.1, 0.15) is 18.9 Å². The molecule has 5 heteroatoms. The van der Waals surface area contributed by atoms with E-state index >= 15 is 0 Å². The van der Waals surface area contributed by atoms with Gasteiger partial charge in [0.2, 0.25) is 0 Å². The average molecular weight is 267 g/mol. The van der Waals surface area contributed by atoms with Crippen LogP contribution in [-0.4, -0.2) is 24.6 Å². The van der Waals surface area contributed by atoms with E-state index in [-0.39, 0.29) is 17.6 Å². The van der Waals surface area contributed by atoms with Crippen molar-refractivity contribution in [2.45, 2.75) is 24.4 Å². The molecule has 1 fully saturated rings. The summed E-state index contributed by atoms with van der Waals surface area (Å²) in [5.41, 5.74) is 6.11. The summed E-state index contributed by atoms with van der Waals surface area (Å²) in [5, 5.41) is 0. The van der Waals surface area contributed by atoms with Crippen LogP contribution in [0.4, 0.5) is 4.79 Å². The van der Waals surface area contributed by atoms with E-state index in [1.165, 1.54) is 0 Å². The molecule has 0 aromatic heterocycles. The Labute approximate surface area is 111 Å². The summed E-state index contributed by atoms with van der Waals surface area (Å²) in [6.45, 7) is 2.31. The normalized spacial score (nSPS) is 27.1. The quantitative estimate of drug-likeness (QED) is 0.910. The first-order valence-electron chi connectivity index (χ1n) is 5.96. The fraction of sp³-hybridized carbons (Fsp3) is 0.462. The minimum Gasteiger partial charge on any atom is -0.447 e. The predicted octanol–water partition coefficient (Wildman–Crippen LogP) is 2.48. The van der Waals surface area contributed by atoms with Crippen LogP contribution in [0.5, 0.6) is 0 Å². The minimum absolute atomic E-state index is 0.0948. The second-order valence-corrected chi connectivity index (χ2v) is 5.43. The third-order valence-corrected chi connectivity index (χ3v) is 4.58. The van der Waals surface area contributed by atoms with Crippen LogP contribution < -0.4 is 5.73 Å². The molecule has 1 saturated heterocycles. The number of carbonyl (C=O) groups excluding carboxylic acids is 1. The van der Waals surface area contributed by atoms with Gasteiger partial charge in [-0.15, -0.1) is 11.8 Å². The average Bonchev–Trinajstić information content (AvgIpc) is 2.82. The second kappa shape index (κ2) is 5.63.